The molecule has 0 bridgehead atoms. The summed E-state index contributed by atoms with van der Waals surface area (Å²) in [5, 5.41) is 0. The van der Waals surface area contributed by atoms with Gasteiger partial charge in [-0.25, -0.2) is 0 Å². The fraction of sp³-hybridized carbons (Fsp3) is 0.528. The van der Waals surface area contributed by atoms with Crippen molar-refractivity contribution in [3.8, 4) is 0 Å². The molecule has 0 atom stereocenters. The van der Waals surface area contributed by atoms with Crippen LogP contribution in [0.25, 0.3) is 0 Å². The van der Waals surface area contributed by atoms with E-state index in [-0.39, 0.29) is 40.7 Å². The minimum Gasteiger partial charge on any atom is -0.0620 e. The summed E-state index contributed by atoms with van der Waals surface area (Å²) in [6.07, 6.45) is 0. The van der Waals surface area contributed by atoms with E-state index in [4.69, 9.17) is 145 Å². The molecule has 0 heterocycles. The molecule has 0 unspecified atom stereocenters. The van der Waals surface area contributed by atoms with E-state index in [9.17, 15) is 0 Å². The Kier molecular flexibility index (Phi) is 5.73. The van der Waals surface area contributed by atoms with Crippen molar-refractivity contribution in [1.29, 1.82) is 0 Å². The van der Waals surface area contributed by atoms with Crippen LogP contribution in [0.1, 0.15) is 446 Å². The third-order valence-corrected chi connectivity index (χ3v) is 10.4. The Balaban J connectivity index is 0.00000117. The van der Waals surface area contributed by atoms with Crippen LogP contribution in [0.15, 0.2) is 151 Å². The second-order valence-corrected chi connectivity index (χ2v) is 20.2. The highest BCUT2D eigenvalue weighted by Crippen LogP contribution is 2.38. The summed E-state index contributed by atoms with van der Waals surface area (Å²) in [7, 11) is 0. The van der Waals surface area contributed by atoms with Gasteiger partial charge in [-0.1, -0.05) is 374 Å². The van der Waals surface area contributed by atoms with Gasteiger partial charge in [-0.2, -0.15) is 0 Å². The van der Waals surface area contributed by atoms with Gasteiger partial charge in [0.2, 0.25) is 0 Å². The number of hydrogen-bond donors (Lipinski definition) is 0. The lowest BCUT2D eigenvalue weighted by atomic mass is 9.73. The molecule has 0 heteroatoms. The molecule has 7 aromatic rings. The SMILES string of the molecule is [2H]c1c(C(C([2H])([2H])[2H])(C([2H])([2H])[2H])C([2H])([2H])[2H])c([2H])c(C(C([2H])([2H])[2H])(C([2H])([2H])[2H])C([2H])([2H])[2H])c(C)c1C(C([2H])([2H])[2H])(C([2H])([2H])[2H])C([2H])([2H])[2H].[2H]c1c(C)c([2H])c(C(C([2H])([2H])[2H])(C([2H])([2H])[2H])C([2H])([2H])[2H])c([2H])c1C(C([2H])([2H])[2H])(C([2H])([2H])[2H])C([2H])([2H])[2H].[2H]c1c([2H])c(C(C([2H])([2H])[2H])(C([2H])([2H])[2H])C([2H])([2H])[2H])c([2H])c([2H])c1C.[2H]c1c([2H])c(C)c([2H])c(C(C([2H])([2H])[2H])(C([2H])([2H])[2H])C([2H])([2H])[2H])c1[2H].[2H]c1c([2H])c([2H])c(C(C([2H])([2H])[2H])(C([2H])([2H])[2H])C([2H])([2H])[2H])c(C)c1[2H].[2H]c1c([2H])c([2H])c(C(C([2H])([2H])[2H])(C([2H])([2H])[2H])C([2H])([2H])[2H])c(C)c1[2H].[2H]c1c([2H])c([2H])c(C(C)(C)C)c(C)c1[2H]. The molecule has 492 valence electrons. The fourth-order valence-corrected chi connectivity index (χ4v) is 6.31. The Hall–Kier alpha value is -5.46. The molecule has 0 aliphatic heterocycles. The molecule has 0 amide bonds. The van der Waals surface area contributed by atoms with Gasteiger partial charge in [-0.3, -0.25) is 0 Å². The maximum Gasteiger partial charge on any atom is 0.0629 e. The van der Waals surface area contributed by atoms with Gasteiger partial charge in [0, 0.05) is 111 Å². The monoisotopic (exact) mass is 1310 g/mol. The molecule has 0 spiro atoms. The van der Waals surface area contributed by atoms with Crippen molar-refractivity contribution in [1.82, 2.24) is 0 Å². The lowest BCUT2D eigenvalue weighted by molar-refractivity contribution is 0.542. The average molecular weight is 1310 g/mol. The van der Waals surface area contributed by atoms with E-state index in [1.54, 1.807) is 6.92 Å². The van der Waals surface area contributed by atoms with Crippen LogP contribution in [0.5, 0.6) is 0 Å². The summed E-state index contributed by atoms with van der Waals surface area (Å²) in [6.45, 7) is -94.0. The van der Waals surface area contributed by atoms with Crippen molar-refractivity contribution < 1.29 is 145 Å². The lowest BCUT2D eigenvalue weighted by Gasteiger charge is -2.32. The Morgan fingerprint density at radius 2 is 0.494 bits per heavy atom. The Bertz CT molecular complexity index is 6650. The second kappa shape index (κ2) is 32.2. The summed E-state index contributed by atoms with van der Waals surface area (Å²) in [6, 6.07) is -21.6. The van der Waals surface area contributed by atoms with Gasteiger partial charge in [-0.05, 0) is 181 Å². The first-order valence-electron chi connectivity index (χ1n) is 77.8. The maximum absolute atomic E-state index is 8.95. The number of rotatable bonds is 0. The molecule has 89 heavy (non-hydrogen) atoms. The zero-order valence-electron chi connectivity index (χ0n) is 156. The number of hydrogen-bond acceptors (Lipinski definition) is 0. The molecule has 0 saturated heterocycles. The molecule has 7 aromatic carbocycles. The van der Waals surface area contributed by atoms with Gasteiger partial charge in [0.05, 0.1) is 34.3 Å². The quantitative estimate of drug-likeness (QED) is 0.142. The predicted octanol–water partition coefficient (Wildman–Crippen LogP) is 26.9. The van der Waals surface area contributed by atoms with Gasteiger partial charge in [0.25, 0.3) is 0 Å². The second-order valence-electron chi connectivity index (χ2n) is 20.2. The fourth-order valence-electron chi connectivity index (χ4n) is 6.31. The summed E-state index contributed by atoms with van der Waals surface area (Å²) >= 11 is 0. The number of benzene rings is 7. The van der Waals surface area contributed by atoms with Crippen LogP contribution in [0.2, 0.25) is 0 Å². The van der Waals surface area contributed by atoms with Crippen molar-refractivity contribution in [2.45, 2.75) is 308 Å². The highest BCUT2D eigenvalue weighted by Gasteiger charge is 2.28. The first-order chi connectivity index (χ1) is 84.1. The third kappa shape index (κ3) is 29.1. The van der Waals surface area contributed by atoms with Gasteiger partial charge < -0.3 is 0 Å². The van der Waals surface area contributed by atoms with Gasteiger partial charge in [0.1, 0.15) is 0 Å². The van der Waals surface area contributed by atoms with E-state index in [2.05, 4.69) is 0 Å². The standard InChI is InChI=1S/C19H32.C15H24.5C11H16/c1-13-15(18(5,6)7)11-14(17(2,3)4)12-16(13)19(8,9)10;1-11-8-12(14(2,3)4)10-13(9-11)15(5,6)7;1-9-5-7-10(8-6-9)11(2,3)4;1-9-6-5-7-10(8-9)11(2,3)4;3*1-9-7-5-6-8-10(9)11(2,3)4/h11-12H,1-10H3;8-10H,1-7H3;5*5-8H,1-4H3/i2D3,3D3,4D3,5D3,6D3,7D3,8D3,9D3,10D3,11D,12D;2D3,3D3,4D3,5D3,6D3,7D3,8D,9D,10D;4*2D3,3D3,4D3,5D,6D,7D,8D;5D,6D,7D,8D. The molecule has 0 N–H and O–H groups in total. The molecule has 0 aliphatic rings. The van der Waals surface area contributed by atoms with Crippen molar-refractivity contribution in [2.24, 2.45) is 0 Å². The van der Waals surface area contributed by atoms with Crippen LogP contribution in [0.3, 0.4) is 0 Å². The van der Waals surface area contributed by atoms with E-state index in [0.717, 1.165) is 20.8 Å². The normalized spacial score (nSPS) is 33.6. The molecule has 0 fully saturated rings. The molecular formula is C89H136. The molecular weight excluding hydrogens is 1070 g/mol. The van der Waals surface area contributed by atoms with E-state index >= 15 is 0 Å². The molecule has 7 rings (SSSR count). The zero-order chi connectivity index (χ0) is 159. The molecule has 0 saturated carbocycles. The molecule has 0 aliphatic carbocycles. The van der Waals surface area contributed by atoms with Crippen molar-refractivity contribution in [3.05, 3.63) is 246 Å². The minimum absolute atomic E-state index is 0.0703. The Morgan fingerprint density at radius 1 is 0.213 bits per heavy atom. The first kappa shape index (κ1) is 15.8. The van der Waals surface area contributed by atoms with Gasteiger partial charge in [-0.15, -0.1) is 0 Å². The first-order valence-corrected chi connectivity index (χ1v) is 24.8. The molecule has 0 nitrogen and oxygen atoms in total. The summed E-state index contributed by atoms with van der Waals surface area (Å²) in [5.41, 5.74) is -51.8. The van der Waals surface area contributed by atoms with E-state index < -0.39 is 433 Å². The van der Waals surface area contributed by atoms with Crippen molar-refractivity contribution in [3.63, 3.8) is 0 Å². The zero-order valence-corrected chi connectivity index (χ0v) is 49.5. The third-order valence-electron chi connectivity index (χ3n) is 10.4. The molecule has 0 radical (unpaired) electrons. The smallest absolute Gasteiger partial charge is 0.0620 e. The van der Waals surface area contributed by atoms with Crippen LogP contribution in [0, 0.1) is 48.5 Å². The lowest BCUT2D eigenvalue weighted by Crippen LogP contribution is -2.23. The largest absolute Gasteiger partial charge is 0.0629 e. The van der Waals surface area contributed by atoms with Crippen LogP contribution in [-0.4, -0.2) is 0 Å². The van der Waals surface area contributed by atoms with E-state index in [1.165, 1.54) is 13.8 Å². The summed E-state index contributed by atoms with van der Waals surface area (Å²) in [4.78, 5) is 0. The Labute approximate surface area is 702 Å². The minimum atomic E-state index is -4.63. The van der Waals surface area contributed by atoms with Crippen LogP contribution in [0.4, 0.5) is 0 Å². The topological polar surface area (TPSA) is 0 Å². The maximum atomic E-state index is 8.95. The Morgan fingerprint density at radius 3 is 0.831 bits per heavy atom. The van der Waals surface area contributed by atoms with E-state index in [0.29, 0.717) is 18.1 Å². The highest BCUT2D eigenvalue weighted by molar-refractivity contribution is 5.47. The predicted molar refractivity (Wildman–Crippen MR) is 405 cm³/mol. The van der Waals surface area contributed by atoms with Crippen LogP contribution >= 0.6 is 0 Å². The van der Waals surface area contributed by atoms with Crippen LogP contribution in [-0.2, 0) is 54.1 Å². The van der Waals surface area contributed by atoms with Gasteiger partial charge >= 0.3 is 0 Å². The summed E-state index contributed by atoms with van der Waals surface area (Å²) < 4.78 is 834. The van der Waals surface area contributed by atoms with Gasteiger partial charge in [0.15, 0.2) is 0 Å². The molecule has 0 aromatic heterocycles. The highest BCUT2D eigenvalue weighted by atomic mass is 14.3. The van der Waals surface area contributed by atoms with Crippen LogP contribution < -0.4 is 0 Å². The summed E-state index contributed by atoms with van der Waals surface area (Å²) in [5.74, 6) is 0. The van der Waals surface area contributed by atoms with Crippen molar-refractivity contribution in [2.75, 3.05) is 0 Å². The van der Waals surface area contributed by atoms with Crippen molar-refractivity contribution >= 4 is 0 Å². The average Bonchev–Trinajstić information content (AvgIpc) is 0.654. The van der Waals surface area contributed by atoms with E-state index in [1.807, 2.05) is 20.8 Å².